The summed E-state index contributed by atoms with van der Waals surface area (Å²) >= 11 is 3.21. The third-order valence-electron chi connectivity index (χ3n) is 3.54. The van der Waals surface area contributed by atoms with Crippen molar-refractivity contribution >= 4 is 15.9 Å². The fourth-order valence-corrected chi connectivity index (χ4v) is 2.79. The molecular formula is C17H18BrF2N. The summed E-state index contributed by atoms with van der Waals surface area (Å²) in [5.74, 6) is -0.530. The molecule has 2 aromatic rings. The predicted molar refractivity (Wildman–Crippen MR) is 85.4 cm³/mol. The third-order valence-corrected chi connectivity index (χ3v) is 4.16. The summed E-state index contributed by atoms with van der Waals surface area (Å²) in [5.41, 5.74) is 2.49. The van der Waals surface area contributed by atoms with E-state index in [1.54, 1.807) is 18.2 Å². The quantitative estimate of drug-likeness (QED) is 0.803. The fourth-order valence-electron chi connectivity index (χ4n) is 2.41. The average Bonchev–Trinajstić information content (AvgIpc) is 2.45. The summed E-state index contributed by atoms with van der Waals surface area (Å²) in [4.78, 5) is 0. The van der Waals surface area contributed by atoms with Gasteiger partial charge in [0.25, 0.3) is 0 Å². The highest BCUT2D eigenvalue weighted by Crippen LogP contribution is 2.27. The zero-order valence-corrected chi connectivity index (χ0v) is 13.7. The molecule has 0 aromatic heterocycles. The molecule has 2 aromatic carbocycles. The number of hydrogen-bond donors (Lipinski definition) is 1. The zero-order chi connectivity index (χ0) is 15.4. The highest BCUT2D eigenvalue weighted by molar-refractivity contribution is 9.10. The predicted octanol–water partition coefficient (Wildman–Crippen LogP) is 4.93. The van der Waals surface area contributed by atoms with Crippen LogP contribution in [0.15, 0.2) is 40.9 Å². The van der Waals surface area contributed by atoms with Crippen molar-refractivity contribution in [1.82, 2.24) is 5.32 Å². The number of benzene rings is 2. The van der Waals surface area contributed by atoms with E-state index in [2.05, 4.69) is 21.2 Å². The Kier molecular flexibility index (Phi) is 5.48. The standard InChI is InChI=1S/C17H18BrF2N/c1-3-21-16(14-5-4-6-15(18)17(14)20)10-12-9-13(19)8-7-11(12)2/h4-9,16,21H,3,10H2,1-2H3. The normalized spacial score (nSPS) is 12.4. The molecule has 0 spiro atoms. The van der Waals surface area contributed by atoms with E-state index in [1.807, 2.05) is 19.9 Å². The van der Waals surface area contributed by atoms with Gasteiger partial charge in [0.05, 0.1) is 4.47 Å². The van der Waals surface area contributed by atoms with Gasteiger partial charge in [0.1, 0.15) is 11.6 Å². The summed E-state index contributed by atoms with van der Waals surface area (Å²) in [6.45, 7) is 4.63. The number of rotatable bonds is 5. The van der Waals surface area contributed by atoms with Crippen LogP contribution in [0.3, 0.4) is 0 Å². The maximum absolute atomic E-state index is 14.3. The first-order valence-electron chi connectivity index (χ1n) is 6.95. The van der Waals surface area contributed by atoms with E-state index in [9.17, 15) is 8.78 Å². The number of aryl methyl sites for hydroxylation is 1. The minimum absolute atomic E-state index is 0.187. The van der Waals surface area contributed by atoms with Crippen molar-refractivity contribution in [3.05, 3.63) is 69.2 Å². The molecule has 0 bridgehead atoms. The van der Waals surface area contributed by atoms with Crippen molar-refractivity contribution in [2.24, 2.45) is 0 Å². The number of nitrogens with one attached hydrogen (secondary N) is 1. The van der Waals surface area contributed by atoms with Crippen LogP contribution in [-0.4, -0.2) is 6.54 Å². The van der Waals surface area contributed by atoms with Gasteiger partial charge in [-0.15, -0.1) is 0 Å². The fraction of sp³-hybridized carbons (Fsp3) is 0.294. The van der Waals surface area contributed by atoms with Crippen LogP contribution in [0.2, 0.25) is 0 Å². The van der Waals surface area contributed by atoms with Crippen molar-refractivity contribution in [2.75, 3.05) is 6.54 Å². The molecule has 0 saturated heterocycles. The Morgan fingerprint density at radius 1 is 1.19 bits per heavy atom. The second kappa shape index (κ2) is 7.14. The molecule has 0 aliphatic rings. The van der Waals surface area contributed by atoms with Gasteiger partial charge >= 0.3 is 0 Å². The van der Waals surface area contributed by atoms with Gasteiger partial charge in [-0.05, 0) is 65.1 Å². The number of halogens is 3. The molecule has 0 fully saturated rings. The molecule has 0 saturated carbocycles. The van der Waals surface area contributed by atoms with Crippen LogP contribution in [0.25, 0.3) is 0 Å². The minimum atomic E-state index is -0.266. The Balaban J connectivity index is 2.35. The van der Waals surface area contributed by atoms with E-state index in [1.165, 1.54) is 12.1 Å². The molecule has 2 rings (SSSR count). The Bertz CT molecular complexity index is 628. The van der Waals surface area contributed by atoms with Gasteiger partial charge in [-0.25, -0.2) is 8.78 Å². The molecule has 0 aliphatic carbocycles. The second-order valence-electron chi connectivity index (χ2n) is 5.03. The molecule has 0 aliphatic heterocycles. The van der Waals surface area contributed by atoms with E-state index in [0.717, 1.165) is 11.1 Å². The third kappa shape index (κ3) is 3.89. The summed E-state index contributed by atoms with van der Waals surface area (Å²) < 4.78 is 28.2. The lowest BCUT2D eigenvalue weighted by Gasteiger charge is -2.20. The van der Waals surface area contributed by atoms with Crippen molar-refractivity contribution in [1.29, 1.82) is 0 Å². The molecule has 21 heavy (non-hydrogen) atoms. The molecule has 112 valence electrons. The van der Waals surface area contributed by atoms with Crippen LogP contribution in [0.5, 0.6) is 0 Å². The van der Waals surface area contributed by atoms with E-state index in [4.69, 9.17) is 0 Å². The minimum Gasteiger partial charge on any atom is -0.310 e. The molecular weight excluding hydrogens is 336 g/mol. The molecule has 0 amide bonds. The molecule has 0 radical (unpaired) electrons. The number of hydrogen-bond acceptors (Lipinski definition) is 1. The molecule has 1 unspecified atom stereocenters. The van der Waals surface area contributed by atoms with Gasteiger partial charge in [0, 0.05) is 11.6 Å². The number of likely N-dealkylation sites (N-methyl/N-ethyl adjacent to an activating group) is 1. The smallest absolute Gasteiger partial charge is 0.142 e. The zero-order valence-electron chi connectivity index (χ0n) is 12.1. The Morgan fingerprint density at radius 2 is 1.95 bits per heavy atom. The lowest BCUT2D eigenvalue weighted by molar-refractivity contribution is 0.505. The van der Waals surface area contributed by atoms with Crippen molar-refractivity contribution in [3.8, 4) is 0 Å². The monoisotopic (exact) mass is 353 g/mol. The summed E-state index contributed by atoms with van der Waals surface area (Å²) in [6.07, 6.45) is 0.546. The Hall–Kier alpha value is -1.26. The molecule has 0 heterocycles. The van der Waals surface area contributed by atoms with Gasteiger partial charge in [-0.2, -0.15) is 0 Å². The lowest BCUT2D eigenvalue weighted by atomic mass is 9.95. The van der Waals surface area contributed by atoms with Gasteiger partial charge in [-0.1, -0.05) is 25.1 Å². The maximum atomic E-state index is 14.3. The van der Waals surface area contributed by atoms with E-state index >= 15 is 0 Å². The van der Waals surface area contributed by atoms with Crippen molar-refractivity contribution < 1.29 is 8.78 Å². The van der Waals surface area contributed by atoms with E-state index in [0.29, 0.717) is 23.0 Å². The average molecular weight is 354 g/mol. The second-order valence-corrected chi connectivity index (χ2v) is 5.88. The van der Waals surface area contributed by atoms with Crippen LogP contribution < -0.4 is 5.32 Å². The molecule has 4 heteroatoms. The van der Waals surface area contributed by atoms with Gasteiger partial charge in [0.2, 0.25) is 0 Å². The van der Waals surface area contributed by atoms with Crippen LogP contribution in [0.4, 0.5) is 8.78 Å². The van der Waals surface area contributed by atoms with E-state index in [-0.39, 0.29) is 17.7 Å². The van der Waals surface area contributed by atoms with Crippen molar-refractivity contribution in [3.63, 3.8) is 0 Å². The topological polar surface area (TPSA) is 12.0 Å². The van der Waals surface area contributed by atoms with Crippen LogP contribution in [-0.2, 0) is 6.42 Å². The Labute approximate surface area is 132 Å². The van der Waals surface area contributed by atoms with Crippen LogP contribution in [0, 0.1) is 18.6 Å². The van der Waals surface area contributed by atoms with Gasteiger partial charge in [-0.3, -0.25) is 0 Å². The first-order chi connectivity index (χ1) is 10.0. The lowest BCUT2D eigenvalue weighted by Crippen LogP contribution is -2.24. The first kappa shape index (κ1) is 16.1. The highest BCUT2D eigenvalue weighted by atomic mass is 79.9. The molecule has 1 N–H and O–H groups in total. The molecule has 1 nitrogen and oxygen atoms in total. The summed E-state index contributed by atoms with van der Waals surface area (Å²) in [6, 6.07) is 9.79. The van der Waals surface area contributed by atoms with Gasteiger partial charge < -0.3 is 5.32 Å². The van der Waals surface area contributed by atoms with Crippen molar-refractivity contribution in [2.45, 2.75) is 26.3 Å². The van der Waals surface area contributed by atoms with Crippen LogP contribution in [0.1, 0.15) is 29.7 Å². The maximum Gasteiger partial charge on any atom is 0.142 e. The SMILES string of the molecule is CCNC(Cc1cc(F)ccc1C)c1cccc(Br)c1F. The highest BCUT2D eigenvalue weighted by Gasteiger charge is 2.18. The van der Waals surface area contributed by atoms with E-state index < -0.39 is 0 Å². The molecule has 1 atom stereocenters. The van der Waals surface area contributed by atoms with Crippen LogP contribution >= 0.6 is 15.9 Å². The Morgan fingerprint density at radius 3 is 2.67 bits per heavy atom. The largest absolute Gasteiger partial charge is 0.310 e. The summed E-state index contributed by atoms with van der Waals surface area (Å²) in [5, 5.41) is 3.28. The first-order valence-corrected chi connectivity index (χ1v) is 7.74. The van der Waals surface area contributed by atoms with Gasteiger partial charge in [0.15, 0.2) is 0 Å². The summed E-state index contributed by atoms with van der Waals surface area (Å²) in [7, 11) is 0.